The van der Waals surface area contributed by atoms with E-state index in [4.69, 9.17) is 16.3 Å². The molecule has 0 aliphatic carbocycles. The summed E-state index contributed by atoms with van der Waals surface area (Å²) >= 11 is 5.85. The Hall–Kier alpha value is -2.53. The summed E-state index contributed by atoms with van der Waals surface area (Å²) < 4.78 is 5.33. The molecule has 0 aliphatic heterocycles. The summed E-state index contributed by atoms with van der Waals surface area (Å²) in [7, 11) is 0. The minimum atomic E-state index is -0.308. The van der Waals surface area contributed by atoms with Gasteiger partial charge in [-0.2, -0.15) is 0 Å². The van der Waals surface area contributed by atoms with Crippen LogP contribution in [0.3, 0.4) is 0 Å². The first-order valence-electron chi connectivity index (χ1n) is 8.05. The molecule has 0 heterocycles. The van der Waals surface area contributed by atoms with Gasteiger partial charge in [-0.3, -0.25) is 9.59 Å². The van der Waals surface area contributed by atoms with E-state index in [1.807, 2.05) is 26.0 Å². The first kappa shape index (κ1) is 18.8. The van der Waals surface area contributed by atoms with Gasteiger partial charge in [0.15, 0.2) is 0 Å². The summed E-state index contributed by atoms with van der Waals surface area (Å²) in [6.45, 7) is 4.24. The minimum Gasteiger partial charge on any atom is -0.494 e. The molecule has 1 atom stereocenters. The smallest absolute Gasteiger partial charge is 0.251 e. The molecule has 0 saturated carbocycles. The number of nitrogens with one attached hydrogen (secondary N) is 2. The van der Waals surface area contributed by atoms with E-state index in [1.54, 1.807) is 36.4 Å². The Balaban J connectivity index is 1.82. The fourth-order valence-corrected chi connectivity index (χ4v) is 2.39. The van der Waals surface area contributed by atoms with Crippen LogP contribution in [0, 0.1) is 0 Å². The summed E-state index contributed by atoms with van der Waals surface area (Å²) in [5.74, 6) is 0.132. The molecule has 6 heteroatoms. The van der Waals surface area contributed by atoms with Crippen LogP contribution in [0.25, 0.3) is 0 Å². The van der Waals surface area contributed by atoms with Crippen molar-refractivity contribution in [2.75, 3.05) is 13.2 Å². The Bertz CT molecular complexity index is 714. The van der Waals surface area contributed by atoms with Gasteiger partial charge in [0.05, 0.1) is 19.2 Å². The topological polar surface area (TPSA) is 67.4 Å². The van der Waals surface area contributed by atoms with Crippen molar-refractivity contribution < 1.29 is 14.3 Å². The standard InChI is InChI=1S/C19H21ClN2O3/c1-3-25-17-10-6-15(7-11-17)19(24)21-12-18(23)22-13(2)14-4-8-16(20)9-5-14/h4-11,13H,3,12H2,1-2H3,(H,21,24)(H,22,23)/t13-/m1/s1. The molecule has 0 saturated heterocycles. The van der Waals surface area contributed by atoms with Crippen LogP contribution in [0.5, 0.6) is 5.75 Å². The largest absolute Gasteiger partial charge is 0.494 e. The van der Waals surface area contributed by atoms with E-state index in [2.05, 4.69) is 10.6 Å². The van der Waals surface area contributed by atoms with Gasteiger partial charge >= 0.3 is 0 Å². The van der Waals surface area contributed by atoms with E-state index in [0.717, 1.165) is 5.56 Å². The molecule has 2 rings (SSSR count). The number of ether oxygens (including phenoxy) is 1. The van der Waals surface area contributed by atoms with E-state index in [1.165, 1.54) is 0 Å². The van der Waals surface area contributed by atoms with Crippen molar-refractivity contribution in [3.05, 3.63) is 64.7 Å². The molecular formula is C19H21ClN2O3. The van der Waals surface area contributed by atoms with Crippen LogP contribution in [0.2, 0.25) is 5.02 Å². The van der Waals surface area contributed by atoms with Crippen LogP contribution in [-0.4, -0.2) is 25.0 Å². The first-order chi connectivity index (χ1) is 12.0. The fourth-order valence-electron chi connectivity index (χ4n) is 2.26. The Morgan fingerprint density at radius 3 is 2.32 bits per heavy atom. The molecule has 5 nitrogen and oxygen atoms in total. The molecule has 2 aromatic rings. The van der Waals surface area contributed by atoms with Crippen molar-refractivity contribution in [3.63, 3.8) is 0 Å². The predicted octanol–water partition coefficient (Wildman–Crippen LogP) is 3.35. The van der Waals surface area contributed by atoms with Crippen LogP contribution < -0.4 is 15.4 Å². The first-order valence-corrected chi connectivity index (χ1v) is 8.43. The van der Waals surface area contributed by atoms with Gasteiger partial charge in [-0.15, -0.1) is 0 Å². The molecule has 25 heavy (non-hydrogen) atoms. The zero-order valence-corrected chi connectivity index (χ0v) is 15.0. The van der Waals surface area contributed by atoms with E-state index >= 15 is 0 Å². The Morgan fingerprint density at radius 2 is 1.72 bits per heavy atom. The highest BCUT2D eigenvalue weighted by atomic mass is 35.5. The molecular weight excluding hydrogens is 340 g/mol. The normalized spacial score (nSPS) is 11.5. The van der Waals surface area contributed by atoms with Gasteiger partial charge in [-0.1, -0.05) is 23.7 Å². The molecule has 0 bridgehead atoms. The maximum Gasteiger partial charge on any atom is 0.251 e. The Morgan fingerprint density at radius 1 is 1.08 bits per heavy atom. The maximum atomic E-state index is 12.1. The number of amides is 2. The molecule has 2 amide bonds. The van der Waals surface area contributed by atoms with Crippen molar-refractivity contribution in [2.24, 2.45) is 0 Å². The molecule has 2 N–H and O–H groups in total. The number of halogens is 1. The number of hydrogen-bond donors (Lipinski definition) is 2. The molecule has 132 valence electrons. The summed E-state index contributed by atoms with van der Waals surface area (Å²) in [5.41, 5.74) is 1.41. The van der Waals surface area contributed by atoms with Gasteiger partial charge < -0.3 is 15.4 Å². The summed E-state index contributed by atoms with van der Waals surface area (Å²) in [6.07, 6.45) is 0. The Labute approximate surface area is 152 Å². The van der Waals surface area contributed by atoms with E-state index < -0.39 is 0 Å². The fraction of sp³-hybridized carbons (Fsp3) is 0.263. The molecule has 0 unspecified atom stereocenters. The Kier molecular flexibility index (Phi) is 6.83. The lowest BCUT2D eigenvalue weighted by atomic mass is 10.1. The van der Waals surface area contributed by atoms with Crippen LogP contribution in [0.15, 0.2) is 48.5 Å². The van der Waals surface area contributed by atoms with Crippen molar-refractivity contribution in [2.45, 2.75) is 19.9 Å². The van der Waals surface area contributed by atoms with Crippen molar-refractivity contribution in [3.8, 4) is 5.75 Å². The lowest BCUT2D eigenvalue weighted by molar-refractivity contribution is -0.120. The SMILES string of the molecule is CCOc1ccc(C(=O)NCC(=O)N[C@H](C)c2ccc(Cl)cc2)cc1. The lowest BCUT2D eigenvalue weighted by Crippen LogP contribution is -2.38. The van der Waals surface area contributed by atoms with Crippen LogP contribution in [0.4, 0.5) is 0 Å². The van der Waals surface area contributed by atoms with Crippen molar-refractivity contribution in [1.82, 2.24) is 10.6 Å². The molecule has 2 aromatic carbocycles. The maximum absolute atomic E-state index is 12.1. The summed E-state index contributed by atoms with van der Waals surface area (Å²) in [5, 5.41) is 6.08. The van der Waals surface area contributed by atoms with Crippen LogP contribution in [-0.2, 0) is 4.79 Å². The van der Waals surface area contributed by atoms with Gasteiger partial charge in [-0.05, 0) is 55.8 Å². The zero-order valence-electron chi connectivity index (χ0n) is 14.2. The number of carbonyl (C=O) groups excluding carboxylic acids is 2. The third-order valence-corrected chi connectivity index (χ3v) is 3.84. The van der Waals surface area contributed by atoms with Crippen LogP contribution in [0.1, 0.15) is 35.8 Å². The quantitative estimate of drug-likeness (QED) is 0.795. The average Bonchev–Trinajstić information content (AvgIpc) is 2.61. The van der Waals surface area contributed by atoms with Gasteiger partial charge in [-0.25, -0.2) is 0 Å². The molecule has 0 aliphatic rings. The molecule has 0 radical (unpaired) electrons. The van der Waals surface area contributed by atoms with E-state index in [9.17, 15) is 9.59 Å². The third-order valence-electron chi connectivity index (χ3n) is 3.58. The number of benzene rings is 2. The highest BCUT2D eigenvalue weighted by Gasteiger charge is 2.12. The lowest BCUT2D eigenvalue weighted by Gasteiger charge is -2.15. The predicted molar refractivity (Wildman–Crippen MR) is 98.0 cm³/mol. The van der Waals surface area contributed by atoms with Gasteiger partial charge in [0, 0.05) is 10.6 Å². The monoisotopic (exact) mass is 360 g/mol. The highest BCUT2D eigenvalue weighted by molar-refractivity contribution is 6.30. The second-order valence-electron chi connectivity index (χ2n) is 5.48. The molecule has 0 fully saturated rings. The van der Waals surface area contributed by atoms with E-state index in [0.29, 0.717) is 22.9 Å². The second kappa shape index (κ2) is 9.08. The summed E-state index contributed by atoms with van der Waals surface area (Å²) in [4.78, 5) is 24.1. The highest BCUT2D eigenvalue weighted by Crippen LogP contribution is 2.16. The van der Waals surface area contributed by atoms with Gasteiger partial charge in [0.1, 0.15) is 5.75 Å². The van der Waals surface area contributed by atoms with Crippen molar-refractivity contribution in [1.29, 1.82) is 0 Å². The number of rotatable bonds is 7. The van der Waals surface area contributed by atoms with Gasteiger partial charge in [0.2, 0.25) is 5.91 Å². The second-order valence-corrected chi connectivity index (χ2v) is 5.92. The minimum absolute atomic E-state index is 0.0933. The zero-order chi connectivity index (χ0) is 18.2. The third kappa shape index (κ3) is 5.80. The van der Waals surface area contributed by atoms with Gasteiger partial charge in [0.25, 0.3) is 5.91 Å². The number of hydrogen-bond acceptors (Lipinski definition) is 3. The average molecular weight is 361 g/mol. The summed E-state index contributed by atoms with van der Waals surface area (Å²) in [6, 6.07) is 13.8. The molecule has 0 spiro atoms. The number of carbonyl (C=O) groups is 2. The van der Waals surface area contributed by atoms with Crippen molar-refractivity contribution >= 4 is 23.4 Å². The molecule has 0 aromatic heterocycles. The van der Waals surface area contributed by atoms with Crippen LogP contribution >= 0.6 is 11.6 Å². The van der Waals surface area contributed by atoms with E-state index in [-0.39, 0.29) is 24.4 Å².